The molecule has 1 fully saturated rings. The van der Waals surface area contributed by atoms with Crippen LogP contribution in [0.2, 0.25) is 0 Å². The Morgan fingerprint density at radius 1 is 1.21 bits per heavy atom. The summed E-state index contributed by atoms with van der Waals surface area (Å²) in [6.07, 6.45) is 1.79. The Bertz CT molecular complexity index is 482. The molecule has 19 heavy (non-hydrogen) atoms. The molecule has 106 valence electrons. The highest BCUT2D eigenvalue weighted by atomic mass is 32.2. The maximum Gasteiger partial charge on any atom is 0.160 e. The molecule has 1 aliphatic carbocycles. The van der Waals surface area contributed by atoms with Crippen molar-refractivity contribution in [3.05, 3.63) is 29.8 Å². The Kier molecular flexibility index (Phi) is 4.36. The lowest BCUT2D eigenvalue weighted by Gasteiger charge is -2.36. The molecule has 2 rings (SSSR count). The van der Waals surface area contributed by atoms with Crippen LogP contribution in [0.4, 0.5) is 8.78 Å². The van der Waals surface area contributed by atoms with Gasteiger partial charge in [-0.2, -0.15) is 0 Å². The normalized spacial score (nSPS) is 33.1. The summed E-state index contributed by atoms with van der Waals surface area (Å²) in [7, 11) is -1.40. The predicted molar refractivity (Wildman–Crippen MR) is 72.1 cm³/mol. The number of hydrogen-bond acceptors (Lipinski definition) is 2. The Morgan fingerprint density at radius 2 is 1.89 bits per heavy atom. The van der Waals surface area contributed by atoms with E-state index in [1.807, 2.05) is 6.92 Å². The maximum atomic E-state index is 13.2. The van der Waals surface area contributed by atoms with E-state index in [0.29, 0.717) is 10.8 Å². The minimum Gasteiger partial charge on any atom is -0.327 e. The largest absolute Gasteiger partial charge is 0.327 e. The fourth-order valence-electron chi connectivity index (χ4n) is 3.01. The lowest BCUT2D eigenvalue weighted by Crippen LogP contribution is -2.47. The molecular formula is C14H19F2NOS. The summed E-state index contributed by atoms with van der Waals surface area (Å²) < 4.78 is 38.7. The standard InChI is InChI=1S/C14H19F2NOS/c1-8-5-9(2)14(13(17)6-8)19(18)10-3-4-11(15)12(16)7-10/h3-4,7-9,13-14H,5-6,17H2,1-2H3. The molecule has 1 saturated carbocycles. The van der Waals surface area contributed by atoms with Gasteiger partial charge in [0.05, 0.1) is 16.0 Å². The summed E-state index contributed by atoms with van der Waals surface area (Å²) >= 11 is 0. The summed E-state index contributed by atoms with van der Waals surface area (Å²) in [5.74, 6) is -1.15. The van der Waals surface area contributed by atoms with E-state index in [9.17, 15) is 13.0 Å². The molecule has 2 N–H and O–H groups in total. The molecule has 0 saturated heterocycles. The quantitative estimate of drug-likeness (QED) is 0.909. The van der Waals surface area contributed by atoms with E-state index in [4.69, 9.17) is 5.73 Å². The Morgan fingerprint density at radius 3 is 2.47 bits per heavy atom. The van der Waals surface area contributed by atoms with Crippen molar-refractivity contribution in [2.24, 2.45) is 17.6 Å². The van der Waals surface area contributed by atoms with Gasteiger partial charge in [-0.3, -0.25) is 4.21 Å². The van der Waals surface area contributed by atoms with E-state index in [-0.39, 0.29) is 17.2 Å². The third-order valence-electron chi connectivity index (χ3n) is 3.80. The third-order valence-corrected chi connectivity index (χ3v) is 5.83. The topological polar surface area (TPSA) is 43.1 Å². The van der Waals surface area contributed by atoms with Crippen molar-refractivity contribution in [2.75, 3.05) is 0 Å². The fourth-order valence-corrected chi connectivity index (χ4v) is 4.71. The van der Waals surface area contributed by atoms with Gasteiger partial charge in [0.15, 0.2) is 11.6 Å². The van der Waals surface area contributed by atoms with Gasteiger partial charge in [0, 0.05) is 10.9 Å². The molecule has 1 aromatic rings. The number of halogens is 2. The monoisotopic (exact) mass is 287 g/mol. The second kappa shape index (κ2) is 5.67. The van der Waals surface area contributed by atoms with Gasteiger partial charge in [0.25, 0.3) is 0 Å². The van der Waals surface area contributed by atoms with E-state index in [2.05, 4.69) is 6.92 Å². The van der Waals surface area contributed by atoms with Crippen molar-refractivity contribution in [3.8, 4) is 0 Å². The van der Waals surface area contributed by atoms with Crippen LogP contribution in [0.3, 0.4) is 0 Å². The second-order valence-corrected chi connectivity index (χ2v) is 7.17. The average molecular weight is 287 g/mol. The van der Waals surface area contributed by atoms with Gasteiger partial charge in [0.2, 0.25) is 0 Å². The summed E-state index contributed by atoms with van der Waals surface area (Å²) in [5.41, 5.74) is 6.11. The van der Waals surface area contributed by atoms with Crippen molar-refractivity contribution < 1.29 is 13.0 Å². The Balaban J connectivity index is 2.25. The van der Waals surface area contributed by atoms with Crippen LogP contribution in [0.1, 0.15) is 26.7 Å². The summed E-state index contributed by atoms with van der Waals surface area (Å²) in [6, 6.07) is 3.26. The molecule has 0 aliphatic heterocycles. The molecule has 0 aromatic heterocycles. The van der Waals surface area contributed by atoms with Crippen molar-refractivity contribution >= 4 is 10.8 Å². The van der Waals surface area contributed by atoms with Gasteiger partial charge in [-0.25, -0.2) is 8.78 Å². The number of nitrogens with two attached hydrogens (primary N) is 1. The van der Waals surface area contributed by atoms with Crippen LogP contribution < -0.4 is 5.73 Å². The van der Waals surface area contributed by atoms with Crippen LogP contribution in [0.5, 0.6) is 0 Å². The fraction of sp³-hybridized carbons (Fsp3) is 0.571. The highest BCUT2D eigenvalue weighted by Crippen LogP contribution is 2.33. The van der Waals surface area contributed by atoms with E-state index in [1.165, 1.54) is 6.07 Å². The van der Waals surface area contributed by atoms with Crippen LogP contribution in [0.15, 0.2) is 23.1 Å². The smallest absolute Gasteiger partial charge is 0.160 e. The van der Waals surface area contributed by atoms with E-state index < -0.39 is 22.4 Å². The average Bonchev–Trinajstić information content (AvgIpc) is 2.31. The Hall–Kier alpha value is -0.810. The first-order chi connectivity index (χ1) is 8.90. The van der Waals surface area contributed by atoms with E-state index in [1.54, 1.807) is 0 Å². The molecule has 5 unspecified atom stereocenters. The molecule has 0 spiro atoms. The molecule has 2 nitrogen and oxygen atoms in total. The van der Waals surface area contributed by atoms with Gasteiger partial charge in [-0.05, 0) is 42.9 Å². The molecule has 0 bridgehead atoms. The van der Waals surface area contributed by atoms with Crippen LogP contribution in [-0.4, -0.2) is 15.5 Å². The lowest BCUT2D eigenvalue weighted by molar-refractivity contribution is 0.275. The zero-order chi connectivity index (χ0) is 14.2. The first kappa shape index (κ1) is 14.6. The van der Waals surface area contributed by atoms with E-state index in [0.717, 1.165) is 25.0 Å². The first-order valence-corrected chi connectivity index (χ1v) is 7.72. The molecule has 5 atom stereocenters. The highest BCUT2D eigenvalue weighted by molar-refractivity contribution is 7.85. The van der Waals surface area contributed by atoms with Crippen LogP contribution in [0.25, 0.3) is 0 Å². The summed E-state index contributed by atoms with van der Waals surface area (Å²) in [6.45, 7) is 4.16. The van der Waals surface area contributed by atoms with Crippen molar-refractivity contribution in [1.29, 1.82) is 0 Å². The minimum atomic E-state index is -1.40. The predicted octanol–water partition coefficient (Wildman–Crippen LogP) is 2.83. The maximum absolute atomic E-state index is 13.2. The van der Waals surface area contributed by atoms with Gasteiger partial charge < -0.3 is 5.73 Å². The van der Waals surface area contributed by atoms with Gasteiger partial charge in [-0.15, -0.1) is 0 Å². The molecule has 1 aliphatic rings. The van der Waals surface area contributed by atoms with Crippen molar-refractivity contribution in [3.63, 3.8) is 0 Å². The molecule has 0 radical (unpaired) electrons. The van der Waals surface area contributed by atoms with Gasteiger partial charge >= 0.3 is 0 Å². The second-order valence-electron chi connectivity index (χ2n) is 5.56. The van der Waals surface area contributed by atoms with E-state index >= 15 is 0 Å². The van der Waals surface area contributed by atoms with Gasteiger partial charge in [-0.1, -0.05) is 13.8 Å². The zero-order valence-electron chi connectivity index (χ0n) is 11.1. The molecule has 0 heterocycles. The molecular weight excluding hydrogens is 268 g/mol. The lowest BCUT2D eigenvalue weighted by atomic mass is 9.80. The minimum absolute atomic E-state index is 0.160. The number of rotatable bonds is 2. The third kappa shape index (κ3) is 3.03. The van der Waals surface area contributed by atoms with Crippen LogP contribution >= 0.6 is 0 Å². The summed E-state index contributed by atoms with van der Waals surface area (Å²) in [5, 5.41) is -0.193. The van der Waals surface area contributed by atoms with Crippen molar-refractivity contribution in [2.45, 2.75) is 42.9 Å². The highest BCUT2D eigenvalue weighted by Gasteiger charge is 2.36. The number of hydrogen-bond donors (Lipinski definition) is 1. The van der Waals surface area contributed by atoms with Gasteiger partial charge in [0.1, 0.15) is 0 Å². The first-order valence-electron chi connectivity index (χ1n) is 6.51. The molecule has 0 amide bonds. The van der Waals surface area contributed by atoms with Crippen LogP contribution in [0, 0.1) is 23.5 Å². The number of benzene rings is 1. The zero-order valence-corrected chi connectivity index (χ0v) is 11.9. The van der Waals surface area contributed by atoms with Crippen LogP contribution in [-0.2, 0) is 10.8 Å². The SMILES string of the molecule is CC1CC(C)C(S(=O)c2ccc(F)c(F)c2)C(N)C1. The Labute approximate surface area is 114 Å². The molecule has 5 heteroatoms. The summed E-state index contributed by atoms with van der Waals surface area (Å²) in [4.78, 5) is 0.320. The molecule has 1 aromatic carbocycles. The van der Waals surface area contributed by atoms with Crippen molar-refractivity contribution in [1.82, 2.24) is 0 Å².